The fourth-order valence-corrected chi connectivity index (χ4v) is 2.47. The van der Waals surface area contributed by atoms with Crippen molar-refractivity contribution in [2.24, 2.45) is 0 Å². The molecule has 0 aliphatic carbocycles. The maximum atomic E-state index is 11.3. The standard InChI is InChI=1S/C12H5Cl4NO2/c13-7-2-1-5(10(15)11(7)16)6-3-17-4-8(14)9(6)12(18)19/h1-4H,(H,18,19). The summed E-state index contributed by atoms with van der Waals surface area (Å²) in [7, 11) is 0. The molecule has 2 rings (SSSR count). The molecule has 0 spiro atoms. The quantitative estimate of drug-likeness (QED) is 0.780. The van der Waals surface area contributed by atoms with Crippen LogP contribution in [0.1, 0.15) is 10.4 Å². The summed E-state index contributed by atoms with van der Waals surface area (Å²) >= 11 is 23.7. The Bertz CT molecular complexity index is 673. The van der Waals surface area contributed by atoms with Crippen LogP contribution >= 0.6 is 46.4 Å². The van der Waals surface area contributed by atoms with Crippen molar-refractivity contribution in [3.8, 4) is 11.1 Å². The Morgan fingerprint density at radius 1 is 0.947 bits per heavy atom. The third-order valence-electron chi connectivity index (χ3n) is 2.44. The molecule has 0 radical (unpaired) electrons. The first-order chi connectivity index (χ1) is 8.93. The molecule has 0 bridgehead atoms. The van der Waals surface area contributed by atoms with E-state index in [1.807, 2.05) is 0 Å². The minimum Gasteiger partial charge on any atom is -0.478 e. The van der Waals surface area contributed by atoms with Gasteiger partial charge in [-0.1, -0.05) is 52.5 Å². The Morgan fingerprint density at radius 2 is 1.63 bits per heavy atom. The number of hydrogen-bond donors (Lipinski definition) is 1. The van der Waals surface area contributed by atoms with Crippen molar-refractivity contribution in [1.29, 1.82) is 0 Å². The van der Waals surface area contributed by atoms with Crippen LogP contribution in [0.25, 0.3) is 11.1 Å². The minimum absolute atomic E-state index is 0.0205. The number of pyridine rings is 1. The topological polar surface area (TPSA) is 50.2 Å². The van der Waals surface area contributed by atoms with E-state index >= 15 is 0 Å². The number of benzene rings is 1. The van der Waals surface area contributed by atoms with E-state index in [0.29, 0.717) is 5.56 Å². The number of carboxylic acids is 1. The van der Waals surface area contributed by atoms with Crippen LogP contribution in [0.5, 0.6) is 0 Å². The molecule has 0 aliphatic rings. The summed E-state index contributed by atoms with van der Waals surface area (Å²) in [4.78, 5) is 15.1. The second kappa shape index (κ2) is 5.55. The van der Waals surface area contributed by atoms with Crippen LogP contribution in [0.15, 0.2) is 24.5 Å². The number of carboxylic acid groups (broad SMARTS) is 1. The summed E-state index contributed by atoms with van der Waals surface area (Å²) in [6.07, 6.45) is 2.61. The molecule has 1 aromatic heterocycles. The van der Waals surface area contributed by atoms with Crippen LogP contribution in [0, 0.1) is 0 Å². The van der Waals surface area contributed by atoms with Crippen LogP contribution in [-0.2, 0) is 0 Å². The number of carbonyl (C=O) groups is 1. The normalized spacial score (nSPS) is 10.5. The number of halogens is 4. The fourth-order valence-electron chi connectivity index (χ4n) is 1.59. The number of aromatic carboxylic acids is 1. The zero-order chi connectivity index (χ0) is 14.2. The lowest BCUT2D eigenvalue weighted by Crippen LogP contribution is -2.02. The number of aromatic nitrogens is 1. The minimum atomic E-state index is -1.18. The average molecular weight is 337 g/mol. The predicted octanol–water partition coefficient (Wildman–Crippen LogP) is 5.06. The molecule has 0 saturated heterocycles. The molecular formula is C12H5Cl4NO2. The van der Waals surface area contributed by atoms with Crippen molar-refractivity contribution in [2.45, 2.75) is 0 Å². The Kier molecular flexibility index (Phi) is 4.21. The maximum Gasteiger partial charge on any atom is 0.337 e. The molecule has 7 heteroatoms. The third-order valence-corrected chi connectivity index (χ3v) is 4.02. The van der Waals surface area contributed by atoms with Gasteiger partial charge in [-0.05, 0) is 6.07 Å². The number of rotatable bonds is 2. The molecule has 1 aromatic carbocycles. The Labute approximate surface area is 128 Å². The summed E-state index contributed by atoms with van der Waals surface area (Å²) < 4.78 is 0. The van der Waals surface area contributed by atoms with Gasteiger partial charge in [0.1, 0.15) is 0 Å². The maximum absolute atomic E-state index is 11.3. The molecule has 0 fully saturated rings. The van der Waals surface area contributed by atoms with Gasteiger partial charge in [0, 0.05) is 23.5 Å². The molecular weight excluding hydrogens is 332 g/mol. The zero-order valence-electron chi connectivity index (χ0n) is 9.12. The average Bonchev–Trinajstić information content (AvgIpc) is 2.35. The summed E-state index contributed by atoms with van der Waals surface area (Å²) in [5.41, 5.74) is 0.601. The van der Waals surface area contributed by atoms with Gasteiger partial charge in [-0.2, -0.15) is 0 Å². The smallest absolute Gasteiger partial charge is 0.337 e. The predicted molar refractivity (Wildman–Crippen MR) is 76.7 cm³/mol. The molecule has 0 aliphatic heterocycles. The Balaban J connectivity index is 2.77. The van der Waals surface area contributed by atoms with E-state index < -0.39 is 5.97 Å². The molecule has 0 atom stereocenters. The lowest BCUT2D eigenvalue weighted by atomic mass is 10.0. The molecule has 3 nitrogen and oxygen atoms in total. The highest BCUT2D eigenvalue weighted by Crippen LogP contribution is 2.39. The molecule has 1 N–H and O–H groups in total. The van der Waals surface area contributed by atoms with Gasteiger partial charge in [-0.25, -0.2) is 4.79 Å². The third kappa shape index (κ3) is 2.65. The van der Waals surface area contributed by atoms with E-state index in [1.54, 1.807) is 6.07 Å². The monoisotopic (exact) mass is 335 g/mol. The molecule has 0 unspecified atom stereocenters. The van der Waals surface area contributed by atoms with Gasteiger partial charge in [0.25, 0.3) is 0 Å². The van der Waals surface area contributed by atoms with E-state index in [9.17, 15) is 9.90 Å². The first kappa shape index (κ1) is 14.4. The SMILES string of the molecule is O=C(O)c1c(Cl)cncc1-c1ccc(Cl)c(Cl)c1Cl. The van der Waals surface area contributed by atoms with Crippen molar-refractivity contribution >= 4 is 52.4 Å². The summed E-state index contributed by atoms with van der Waals surface area (Å²) in [6, 6.07) is 3.09. The van der Waals surface area contributed by atoms with E-state index in [1.165, 1.54) is 18.5 Å². The van der Waals surface area contributed by atoms with E-state index in [0.717, 1.165) is 0 Å². The van der Waals surface area contributed by atoms with Crippen molar-refractivity contribution in [2.75, 3.05) is 0 Å². The first-order valence-electron chi connectivity index (χ1n) is 4.94. The van der Waals surface area contributed by atoms with E-state index in [-0.39, 0.29) is 31.2 Å². The van der Waals surface area contributed by atoms with Gasteiger partial charge in [0.05, 0.1) is 25.7 Å². The molecule has 0 amide bonds. The number of hydrogen-bond acceptors (Lipinski definition) is 2. The van der Waals surface area contributed by atoms with Crippen LogP contribution in [0.4, 0.5) is 0 Å². The molecule has 0 saturated carbocycles. The second-order valence-corrected chi connectivity index (χ2v) is 5.14. The number of nitrogens with zero attached hydrogens (tertiary/aromatic N) is 1. The fraction of sp³-hybridized carbons (Fsp3) is 0. The van der Waals surface area contributed by atoms with Gasteiger partial charge < -0.3 is 5.11 Å². The van der Waals surface area contributed by atoms with Gasteiger partial charge in [-0.15, -0.1) is 0 Å². The van der Waals surface area contributed by atoms with E-state index in [2.05, 4.69) is 4.98 Å². The Hall–Kier alpha value is -1.000. The van der Waals surface area contributed by atoms with Crippen LogP contribution in [0.3, 0.4) is 0 Å². The second-order valence-electron chi connectivity index (χ2n) is 3.57. The highest BCUT2D eigenvalue weighted by atomic mass is 35.5. The highest BCUT2D eigenvalue weighted by Gasteiger charge is 2.19. The van der Waals surface area contributed by atoms with E-state index in [4.69, 9.17) is 46.4 Å². The van der Waals surface area contributed by atoms with Gasteiger partial charge in [0.2, 0.25) is 0 Å². The van der Waals surface area contributed by atoms with Crippen molar-refractivity contribution in [3.05, 3.63) is 50.2 Å². The van der Waals surface area contributed by atoms with Crippen LogP contribution in [0.2, 0.25) is 20.1 Å². The van der Waals surface area contributed by atoms with Gasteiger partial charge in [-0.3, -0.25) is 4.98 Å². The summed E-state index contributed by atoms with van der Waals surface area (Å²) in [5, 5.41) is 9.81. The summed E-state index contributed by atoms with van der Waals surface area (Å²) in [5.74, 6) is -1.18. The van der Waals surface area contributed by atoms with Crippen molar-refractivity contribution < 1.29 is 9.90 Å². The van der Waals surface area contributed by atoms with Crippen molar-refractivity contribution in [1.82, 2.24) is 4.98 Å². The summed E-state index contributed by atoms with van der Waals surface area (Å²) in [6.45, 7) is 0. The molecule has 98 valence electrons. The highest BCUT2D eigenvalue weighted by molar-refractivity contribution is 6.49. The Morgan fingerprint density at radius 3 is 2.26 bits per heavy atom. The molecule has 2 aromatic rings. The van der Waals surface area contributed by atoms with Gasteiger partial charge in [0.15, 0.2) is 0 Å². The van der Waals surface area contributed by atoms with Crippen LogP contribution < -0.4 is 0 Å². The van der Waals surface area contributed by atoms with Crippen molar-refractivity contribution in [3.63, 3.8) is 0 Å². The molecule has 19 heavy (non-hydrogen) atoms. The first-order valence-corrected chi connectivity index (χ1v) is 6.45. The van der Waals surface area contributed by atoms with Gasteiger partial charge >= 0.3 is 5.97 Å². The molecule has 1 heterocycles. The van der Waals surface area contributed by atoms with Crippen LogP contribution in [-0.4, -0.2) is 16.1 Å². The lowest BCUT2D eigenvalue weighted by molar-refractivity contribution is 0.0698. The largest absolute Gasteiger partial charge is 0.478 e. The zero-order valence-corrected chi connectivity index (χ0v) is 12.1. The lowest BCUT2D eigenvalue weighted by Gasteiger charge is -2.10.